The van der Waals surface area contributed by atoms with Gasteiger partial charge in [-0.05, 0) is 36.3 Å². The number of rotatable bonds is 10. The van der Waals surface area contributed by atoms with Gasteiger partial charge in [-0.3, -0.25) is 9.59 Å². The maximum atomic E-state index is 12.7. The summed E-state index contributed by atoms with van der Waals surface area (Å²) in [6, 6.07) is 15.0. The van der Waals surface area contributed by atoms with Gasteiger partial charge in [0, 0.05) is 49.5 Å². The predicted octanol–water partition coefficient (Wildman–Crippen LogP) is 2.75. The van der Waals surface area contributed by atoms with Gasteiger partial charge in [0.1, 0.15) is 18.2 Å². The highest BCUT2D eigenvalue weighted by atomic mass is 16.7. The Kier molecular flexibility index (Phi) is 7.65. The summed E-state index contributed by atoms with van der Waals surface area (Å²) in [5.74, 6) is 0.679. The second-order valence-electron chi connectivity index (χ2n) is 7.97. The molecular weight excluding hydrogens is 448 g/mol. The van der Waals surface area contributed by atoms with Crippen molar-refractivity contribution in [1.82, 2.24) is 15.2 Å². The van der Waals surface area contributed by atoms with Gasteiger partial charge in [-0.15, -0.1) is 0 Å². The number of hydrogen-bond donors (Lipinski definition) is 2. The summed E-state index contributed by atoms with van der Waals surface area (Å²) in [6.45, 7) is 1.64. The molecule has 2 aromatic carbocycles. The highest BCUT2D eigenvalue weighted by Crippen LogP contribution is 2.32. The highest BCUT2D eigenvalue weighted by Gasteiger charge is 2.16. The van der Waals surface area contributed by atoms with E-state index >= 15 is 0 Å². The molecule has 0 saturated heterocycles. The number of fused-ring (bicyclic) bond motifs is 2. The second kappa shape index (κ2) is 11.2. The fraction of sp³-hybridized carbons (Fsp3) is 0.269. The Hall–Kier alpha value is -4.29. The van der Waals surface area contributed by atoms with Crippen LogP contribution in [0.15, 0.2) is 54.2 Å². The molecule has 1 aliphatic heterocycles. The lowest BCUT2D eigenvalue weighted by atomic mass is 10.1. The molecule has 2 amide bonds. The number of carbonyl (C=O) groups is 2. The average Bonchev–Trinajstić information content (AvgIpc) is 3.48. The number of hydrogen-bond acceptors (Lipinski definition) is 6. The third-order valence-electron chi connectivity index (χ3n) is 5.54. The van der Waals surface area contributed by atoms with Crippen LogP contribution in [-0.4, -0.2) is 43.4 Å². The highest BCUT2D eigenvalue weighted by molar-refractivity contribution is 6.04. The van der Waals surface area contributed by atoms with Crippen molar-refractivity contribution >= 4 is 28.8 Å². The lowest BCUT2D eigenvalue weighted by molar-refractivity contribution is -0.121. The standard InChI is InChI=1S/C26H26N4O5/c1-33-10-4-9-28-25(31)16-30-15-20(21-5-2-3-6-22(21)30)12-19(13-27)26(32)29-14-18-7-8-23-24(11-18)35-17-34-23/h2-3,5-8,11-12,15H,4,9-10,14,16-17H2,1H3,(H,28,31)(H,29,32)/b19-12+. The number of amides is 2. The van der Waals surface area contributed by atoms with Crippen LogP contribution in [-0.2, 0) is 27.4 Å². The minimum Gasteiger partial charge on any atom is -0.454 e. The number of nitrogens with zero attached hydrogens (tertiary/aromatic N) is 2. The van der Waals surface area contributed by atoms with E-state index in [0.29, 0.717) is 30.2 Å². The zero-order chi connectivity index (χ0) is 24.6. The molecule has 3 aromatic rings. The molecule has 0 radical (unpaired) electrons. The van der Waals surface area contributed by atoms with Crippen LogP contribution in [0.4, 0.5) is 0 Å². The molecule has 4 rings (SSSR count). The largest absolute Gasteiger partial charge is 0.454 e. The Labute approximate surface area is 202 Å². The smallest absolute Gasteiger partial charge is 0.262 e. The zero-order valence-electron chi connectivity index (χ0n) is 19.4. The summed E-state index contributed by atoms with van der Waals surface area (Å²) < 4.78 is 17.5. The molecule has 0 unspecified atom stereocenters. The SMILES string of the molecule is COCCCNC(=O)Cn1cc(/C=C(\C#N)C(=O)NCc2ccc3c(c2)OCO3)c2ccccc21. The predicted molar refractivity (Wildman–Crippen MR) is 129 cm³/mol. The number of aromatic nitrogens is 1. The monoisotopic (exact) mass is 474 g/mol. The van der Waals surface area contributed by atoms with Gasteiger partial charge in [-0.2, -0.15) is 5.26 Å². The van der Waals surface area contributed by atoms with Crippen molar-refractivity contribution < 1.29 is 23.8 Å². The molecule has 9 heteroatoms. The van der Waals surface area contributed by atoms with Gasteiger partial charge in [0.2, 0.25) is 12.7 Å². The van der Waals surface area contributed by atoms with E-state index in [1.165, 1.54) is 0 Å². The summed E-state index contributed by atoms with van der Waals surface area (Å²) in [7, 11) is 1.62. The lowest BCUT2D eigenvalue weighted by Gasteiger charge is -2.07. The molecule has 0 aliphatic carbocycles. The van der Waals surface area contributed by atoms with E-state index in [9.17, 15) is 14.9 Å². The number of methoxy groups -OCH3 is 1. The van der Waals surface area contributed by atoms with Crippen LogP contribution < -0.4 is 20.1 Å². The summed E-state index contributed by atoms with van der Waals surface area (Å²) in [5.41, 5.74) is 2.32. The van der Waals surface area contributed by atoms with Crippen molar-refractivity contribution in [2.75, 3.05) is 27.1 Å². The zero-order valence-corrected chi connectivity index (χ0v) is 19.4. The molecular formula is C26H26N4O5. The average molecular weight is 475 g/mol. The van der Waals surface area contributed by atoms with Crippen LogP contribution in [0.25, 0.3) is 17.0 Å². The number of nitrogens with one attached hydrogen (secondary N) is 2. The van der Waals surface area contributed by atoms with E-state index in [4.69, 9.17) is 14.2 Å². The lowest BCUT2D eigenvalue weighted by Crippen LogP contribution is -2.28. The van der Waals surface area contributed by atoms with E-state index in [2.05, 4.69) is 10.6 Å². The minimum absolute atomic E-state index is 0.0299. The van der Waals surface area contributed by atoms with Crippen molar-refractivity contribution in [3.05, 3.63) is 65.4 Å². The first kappa shape index (κ1) is 23.9. The van der Waals surface area contributed by atoms with Gasteiger partial charge >= 0.3 is 0 Å². The van der Waals surface area contributed by atoms with Crippen LogP contribution in [0.1, 0.15) is 17.5 Å². The molecule has 1 aliphatic rings. The number of carbonyl (C=O) groups excluding carboxylic acids is 2. The number of para-hydroxylation sites is 1. The van der Waals surface area contributed by atoms with Crippen LogP contribution in [0.5, 0.6) is 11.5 Å². The second-order valence-corrected chi connectivity index (χ2v) is 7.97. The van der Waals surface area contributed by atoms with Crippen molar-refractivity contribution in [3.63, 3.8) is 0 Å². The van der Waals surface area contributed by atoms with Gasteiger partial charge in [0.15, 0.2) is 11.5 Å². The van der Waals surface area contributed by atoms with Gasteiger partial charge in [0.25, 0.3) is 5.91 Å². The van der Waals surface area contributed by atoms with Crippen LogP contribution in [0.2, 0.25) is 0 Å². The molecule has 2 heterocycles. The van der Waals surface area contributed by atoms with Crippen molar-refractivity contribution in [3.8, 4) is 17.6 Å². The third-order valence-corrected chi connectivity index (χ3v) is 5.54. The molecule has 2 N–H and O–H groups in total. The first-order valence-corrected chi connectivity index (χ1v) is 11.2. The Bertz CT molecular complexity index is 1300. The van der Waals surface area contributed by atoms with E-state index in [-0.39, 0.29) is 31.4 Å². The van der Waals surface area contributed by atoms with Crippen LogP contribution in [0, 0.1) is 11.3 Å². The topological polar surface area (TPSA) is 115 Å². The maximum absolute atomic E-state index is 12.7. The van der Waals surface area contributed by atoms with Gasteiger partial charge in [-0.25, -0.2) is 0 Å². The number of benzene rings is 2. The van der Waals surface area contributed by atoms with Gasteiger partial charge in [-0.1, -0.05) is 24.3 Å². The van der Waals surface area contributed by atoms with E-state index in [1.54, 1.807) is 31.5 Å². The first-order chi connectivity index (χ1) is 17.1. The first-order valence-electron chi connectivity index (χ1n) is 11.2. The molecule has 0 atom stereocenters. The fourth-order valence-electron chi connectivity index (χ4n) is 3.81. The molecule has 0 saturated carbocycles. The number of nitriles is 1. The molecule has 0 spiro atoms. The van der Waals surface area contributed by atoms with E-state index < -0.39 is 5.91 Å². The van der Waals surface area contributed by atoms with Crippen molar-refractivity contribution in [1.29, 1.82) is 5.26 Å². The normalized spacial score (nSPS) is 12.4. The summed E-state index contributed by atoms with van der Waals surface area (Å²) in [5, 5.41) is 16.1. The maximum Gasteiger partial charge on any atom is 0.262 e. The third kappa shape index (κ3) is 5.80. The van der Waals surface area contributed by atoms with Crippen molar-refractivity contribution in [2.24, 2.45) is 0 Å². The molecule has 180 valence electrons. The quantitative estimate of drug-likeness (QED) is 0.265. The van der Waals surface area contributed by atoms with Crippen LogP contribution in [0.3, 0.4) is 0 Å². The molecule has 1 aromatic heterocycles. The summed E-state index contributed by atoms with van der Waals surface area (Å²) >= 11 is 0. The fourth-order valence-corrected chi connectivity index (χ4v) is 3.81. The van der Waals surface area contributed by atoms with Crippen molar-refractivity contribution in [2.45, 2.75) is 19.5 Å². The molecule has 0 bridgehead atoms. The summed E-state index contributed by atoms with van der Waals surface area (Å²) in [4.78, 5) is 25.1. The minimum atomic E-state index is -0.488. The van der Waals surface area contributed by atoms with E-state index in [0.717, 1.165) is 22.9 Å². The number of ether oxygens (including phenoxy) is 3. The summed E-state index contributed by atoms with van der Waals surface area (Å²) in [6.07, 6.45) is 4.06. The molecule has 0 fully saturated rings. The molecule has 9 nitrogen and oxygen atoms in total. The Morgan fingerprint density at radius 2 is 2.00 bits per heavy atom. The Morgan fingerprint density at radius 1 is 1.17 bits per heavy atom. The van der Waals surface area contributed by atoms with Gasteiger partial charge < -0.3 is 29.4 Å². The Morgan fingerprint density at radius 3 is 2.83 bits per heavy atom. The van der Waals surface area contributed by atoms with Crippen LogP contribution >= 0.6 is 0 Å². The van der Waals surface area contributed by atoms with Gasteiger partial charge in [0.05, 0.1) is 0 Å². The van der Waals surface area contributed by atoms with E-state index in [1.807, 2.05) is 41.0 Å². The molecule has 35 heavy (non-hydrogen) atoms. The Balaban J connectivity index is 1.47.